The summed E-state index contributed by atoms with van der Waals surface area (Å²) in [6.45, 7) is 6.89. The molecule has 0 spiro atoms. The van der Waals surface area contributed by atoms with Crippen molar-refractivity contribution in [1.82, 2.24) is 0 Å². The molecule has 0 saturated carbocycles. The Bertz CT molecular complexity index is 905. The first-order valence-electron chi connectivity index (χ1n) is 12.5. The van der Waals surface area contributed by atoms with Gasteiger partial charge in [0.15, 0.2) is 0 Å². The van der Waals surface area contributed by atoms with Crippen LogP contribution in [0, 0.1) is 6.92 Å². The quantitative estimate of drug-likeness (QED) is 0.0347. The van der Waals surface area contributed by atoms with Crippen molar-refractivity contribution in [2.45, 2.75) is 11.8 Å². The van der Waals surface area contributed by atoms with Gasteiger partial charge in [0.25, 0.3) is 10.1 Å². The van der Waals surface area contributed by atoms with Crippen molar-refractivity contribution in [2.24, 2.45) is 5.11 Å². The minimum Gasteiger partial charge on any atom is -0.394 e. The molecule has 1 aromatic carbocycles. The van der Waals surface area contributed by atoms with Crippen molar-refractivity contribution >= 4 is 10.1 Å². The summed E-state index contributed by atoms with van der Waals surface area (Å²) in [4.78, 5) is 4.22. The zero-order valence-electron chi connectivity index (χ0n) is 24.3. The summed E-state index contributed by atoms with van der Waals surface area (Å²) in [5, 5.41) is 20.2. The number of rotatable bonds is 24. The second-order valence-electron chi connectivity index (χ2n) is 7.25. The van der Waals surface area contributed by atoms with E-state index in [-0.39, 0.29) is 60.9 Å². The molecule has 0 heterocycles. The Kier molecular flexibility index (Phi) is 38.1. The van der Waals surface area contributed by atoms with Crippen LogP contribution in [0.2, 0.25) is 0 Å². The van der Waals surface area contributed by atoms with Crippen LogP contribution in [0.1, 0.15) is 5.56 Å². The smallest absolute Gasteiger partial charge is 0.394 e. The van der Waals surface area contributed by atoms with E-state index in [9.17, 15) is 8.42 Å². The first kappa shape index (κ1) is 44.9. The van der Waals surface area contributed by atoms with Gasteiger partial charge in [-0.15, -0.1) is 0 Å². The topological polar surface area (TPSA) is 247 Å². The average molecular weight is 633 g/mol. The third-order valence-electron chi connectivity index (χ3n) is 4.13. The Hall–Kier alpha value is -1.57. The molecule has 42 heavy (non-hydrogen) atoms. The molecular formula is C23H41N6NaO11S. The standard InChI is InChI=1S/C15H24O7S.C8H17N3O4.N3.Na/c1-14-2-4-15(5-3-14)23(17,18)22-13-12-21-11-10-20-9-8-19-7-6-16;9-11-10-1-3-13-5-7-15-8-6-14-4-2-12;1-3-2;/h2-5,16H,6-13H2,1H3;12H,1-8H2;;/q;;-1;+1. The van der Waals surface area contributed by atoms with E-state index in [2.05, 4.69) is 10.0 Å². The largest absolute Gasteiger partial charge is 1.00 e. The number of nitrogens with zero attached hydrogens (tertiary/aromatic N) is 6. The number of aliphatic hydroxyl groups is 2. The van der Waals surface area contributed by atoms with Crippen LogP contribution in [-0.4, -0.2) is 124 Å². The van der Waals surface area contributed by atoms with Gasteiger partial charge in [-0.1, -0.05) is 22.8 Å². The number of aryl methyl sites for hydroxylation is 1. The second-order valence-corrected chi connectivity index (χ2v) is 8.87. The molecule has 0 aromatic heterocycles. The normalized spacial score (nSPS) is 10.2. The third kappa shape index (κ3) is 32.9. The van der Waals surface area contributed by atoms with Gasteiger partial charge in [0.05, 0.1) is 104 Å². The summed E-state index contributed by atoms with van der Waals surface area (Å²) in [5.74, 6) is 0. The van der Waals surface area contributed by atoms with E-state index in [0.717, 1.165) is 5.56 Å². The molecule has 0 aliphatic carbocycles. The van der Waals surface area contributed by atoms with Crippen LogP contribution in [0.15, 0.2) is 34.3 Å². The van der Waals surface area contributed by atoms with E-state index in [1.807, 2.05) is 6.92 Å². The Labute approximate surface area is 268 Å². The summed E-state index contributed by atoms with van der Waals surface area (Å²) in [6.07, 6.45) is 0. The van der Waals surface area contributed by atoms with Gasteiger partial charge in [-0.05, 0) is 24.6 Å². The van der Waals surface area contributed by atoms with E-state index in [1.54, 1.807) is 12.1 Å². The van der Waals surface area contributed by atoms with Crippen LogP contribution >= 0.6 is 0 Å². The van der Waals surface area contributed by atoms with E-state index < -0.39 is 10.1 Å². The van der Waals surface area contributed by atoms with E-state index >= 15 is 0 Å². The van der Waals surface area contributed by atoms with Gasteiger partial charge in [-0.25, -0.2) is 0 Å². The molecule has 0 fully saturated rings. The summed E-state index contributed by atoms with van der Waals surface area (Å²) in [5.41, 5.74) is 22.4. The van der Waals surface area contributed by atoms with E-state index in [4.69, 9.17) is 59.4 Å². The predicted molar refractivity (Wildman–Crippen MR) is 147 cm³/mol. The summed E-state index contributed by atoms with van der Waals surface area (Å²) in [6, 6.07) is 6.46. The molecule has 2 N–H and O–H groups in total. The Morgan fingerprint density at radius 2 is 1.02 bits per heavy atom. The van der Waals surface area contributed by atoms with Crippen molar-refractivity contribution in [1.29, 1.82) is 0 Å². The van der Waals surface area contributed by atoms with Crippen LogP contribution in [0.25, 0.3) is 26.4 Å². The fourth-order valence-corrected chi connectivity index (χ4v) is 3.23. The minimum atomic E-state index is -3.74. The van der Waals surface area contributed by atoms with Crippen molar-refractivity contribution < 1.29 is 80.8 Å². The maximum atomic E-state index is 11.9. The van der Waals surface area contributed by atoms with Gasteiger partial charge in [0.2, 0.25) is 0 Å². The fraction of sp³-hybridized carbons (Fsp3) is 0.739. The minimum absolute atomic E-state index is 0. The molecule has 0 radical (unpaired) electrons. The molecule has 0 aliphatic rings. The summed E-state index contributed by atoms with van der Waals surface area (Å²) in [7, 11) is -3.74. The van der Waals surface area contributed by atoms with Crippen molar-refractivity contribution in [3.8, 4) is 0 Å². The predicted octanol–water partition coefficient (Wildman–Crippen LogP) is -1.05. The molecule has 0 bridgehead atoms. The van der Waals surface area contributed by atoms with E-state index in [0.29, 0.717) is 79.2 Å². The number of ether oxygens (including phenoxy) is 6. The molecule has 19 heteroatoms. The van der Waals surface area contributed by atoms with Crippen molar-refractivity contribution in [3.05, 3.63) is 56.2 Å². The Balaban J connectivity index is -0.000000694. The number of benzene rings is 1. The second kappa shape index (κ2) is 35.6. The molecule has 0 saturated heterocycles. The van der Waals surface area contributed by atoms with Gasteiger partial charge in [0, 0.05) is 11.5 Å². The molecule has 0 atom stereocenters. The molecule has 17 nitrogen and oxygen atoms in total. The maximum absolute atomic E-state index is 11.9. The summed E-state index contributed by atoms with van der Waals surface area (Å²) < 4.78 is 59.3. The van der Waals surface area contributed by atoms with Crippen LogP contribution < -0.4 is 29.6 Å². The molecular weight excluding hydrogens is 591 g/mol. The van der Waals surface area contributed by atoms with Gasteiger partial charge < -0.3 is 49.7 Å². The molecule has 1 rings (SSSR count). The van der Waals surface area contributed by atoms with Crippen LogP contribution in [0.5, 0.6) is 0 Å². The molecule has 1 aromatic rings. The van der Waals surface area contributed by atoms with Crippen LogP contribution in [0.4, 0.5) is 0 Å². The van der Waals surface area contributed by atoms with Gasteiger partial charge in [0.1, 0.15) is 0 Å². The zero-order valence-corrected chi connectivity index (χ0v) is 27.1. The van der Waals surface area contributed by atoms with Crippen molar-refractivity contribution in [3.63, 3.8) is 0 Å². The molecule has 0 unspecified atom stereocenters. The fourth-order valence-electron chi connectivity index (χ4n) is 2.34. The molecule has 0 aliphatic heterocycles. The Morgan fingerprint density at radius 3 is 1.40 bits per heavy atom. The van der Waals surface area contributed by atoms with Crippen molar-refractivity contribution in [2.75, 3.05) is 106 Å². The van der Waals surface area contributed by atoms with Gasteiger partial charge >= 0.3 is 29.6 Å². The van der Waals surface area contributed by atoms with Gasteiger partial charge in [-0.3, -0.25) is 9.09 Å². The monoisotopic (exact) mass is 632 g/mol. The summed E-state index contributed by atoms with van der Waals surface area (Å²) >= 11 is 0. The average Bonchev–Trinajstić information content (AvgIpc) is 2.96. The van der Waals surface area contributed by atoms with Crippen LogP contribution in [-0.2, 0) is 42.7 Å². The number of aliphatic hydroxyl groups excluding tert-OH is 2. The number of hydrogen-bond acceptors (Lipinski definition) is 12. The number of hydrogen-bond donors (Lipinski definition) is 2. The Morgan fingerprint density at radius 1 is 0.667 bits per heavy atom. The molecule has 236 valence electrons. The van der Waals surface area contributed by atoms with Crippen LogP contribution in [0.3, 0.4) is 0 Å². The number of azide groups is 1. The molecule has 0 amide bonds. The third-order valence-corrected chi connectivity index (χ3v) is 5.46. The first-order chi connectivity index (χ1) is 19.9. The van der Waals surface area contributed by atoms with E-state index in [1.165, 1.54) is 17.0 Å². The first-order valence-corrected chi connectivity index (χ1v) is 13.9. The van der Waals surface area contributed by atoms with Gasteiger partial charge in [-0.2, -0.15) is 8.42 Å². The maximum Gasteiger partial charge on any atom is 1.00 e. The SMILES string of the molecule is Cc1ccc(S(=O)(=O)OCCOCCOCCOCCO)cc1.[N-]=[N+]=NCCOCCOCCOCCO.[N-]=[N+]=[N-].[Na+]. The zero-order chi connectivity index (χ0) is 30.9.